The van der Waals surface area contributed by atoms with Crippen LogP contribution >= 0.6 is 0 Å². The third-order valence-corrected chi connectivity index (χ3v) is 11.0. The van der Waals surface area contributed by atoms with Gasteiger partial charge in [-0.05, 0) is 60.5 Å². The van der Waals surface area contributed by atoms with E-state index in [2.05, 4.69) is 41.5 Å². The molecule has 1 saturated heterocycles. The highest BCUT2D eigenvalue weighted by atomic mass is 16.7. The van der Waals surface area contributed by atoms with E-state index in [9.17, 15) is 9.59 Å². The van der Waals surface area contributed by atoms with Crippen LogP contribution in [0.25, 0.3) is 10.8 Å². The van der Waals surface area contributed by atoms with Crippen LogP contribution in [-0.4, -0.2) is 59.4 Å². The lowest BCUT2D eigenvalue weighted by atomic mass is 9.43. The number of nitrogens with zero attached hydrogens (tertiary/aromatic N) is 2. The van der Waals surface area contributed by atoms with E-state index in [0.29, 0.717) is 36.1 Å². The predicted octanol–water partition coefficient (Wildman–Crippen LogP) is 4.88. The van der Waals surface area contributed by atoms with Crippen LogP contribution in [0.2, 0.25) is 0 Å². The van der Waals surface area contributed by atoms with Gasteiger partial charge in [0.1, 0.15) is 5.69 Å². The maximum absolute atomic E-state index is 14.2. The van der Waals surface area contributed by atoms with Gasteiger partial charge in [-0.1, -0.05) is 80.5 Å². The monoisotopic (exact) mass is 608 g/mol. The second kappa shape index (κ2) is 11.2. The minimum atomic E-state index is -1.27. The molecule has 8 rings (SSSR count). The summed E-state index contributed by atoms with van der Waals surface area (Å²) in [5.74, 6) is 0.154. The Labute approximate surface area is 264 Å². The molecule has 3 aromatic rings. The average molecular weight is 609 g/mol. The molecule has 4 fully saturated rings. The number of carbonyl (C=O) groups excluding carboxylic acids is 2. The Kier molecular flexibility index (Phi) is 7.48. The van der Waals surface area contributed by atoms with Crippen LogP contribution in [0.3, 0.4) is 0 Å². The van der Waals surface area contributed by atoms with E-state index in [-0.39, 0.29) is 47.8 Å². The molecule has 3 heterocycles. The Morgan fingerprint density at radius 1 is 1.04 bits per heavy atom. The summed E-state index contributed by atoms with van der Waals surface area (Å²) in [7, 11) is -0.535. The molecule has 6 atom stereocenters. The number of hydrogen-bond acceptors (Lipinski definition) is 7. The zero-order valence-corrected chi connectivity index (χ0v) is 26.4. The van der Waals surface area contributed by atoms with Gasteiger partial charge in [-0.25, -0.2) is 0 Å². The normalized spacial score (nSPS) is 30.1. The van der Waals surface area contributed by atoms with E-state index < -0.39 is 12.7 Å². The predicted molar refractivity (Wildman–Crippen MR) is 172 cm³/mol. The number of nitrogens with one attached hydrogen (secondary N) is 2. The maximum Gasteiger partial charge on any atom is 0.481 e. The second-order valence-corrected chi connectivity index (χ2v) is 14.0. The lowest BCUT2D eigenvalue weighted by molar-refractivity contribution is -0.199. The zero-order valence-electron chi connectivity index (χ0n) is 26.4. The highest BCUT2D eigenvalue weighted by Crippen LogP contribution is 2.65. The lowest BCUT2D eigenvalue weighted by Crippen LogP contribution is -2.65. The molecule has 0 radical (unpaired) electrons. The molecule has 3 saturated carbocycles. The van der Waals surface area contributed by atoms with Gasteiger partial charge < -0.3 is 24.8 Å². The van der Waals surface area contributed by atoms with Crippen molar-refractivity contribution in [3.8, 4) is 0 Å². The zero-order chi connectivity index (χ0) is 31.4. The molecule has 2 bridgehead atoms. The van der Waals surface area contributed by atoms with Crippen molar-refractivity contribution in [2.45, 2.75) is 83.0 Å². The maximum atomic E-state index is 14.2. The van der Waals surface area contributed by atoms with E-state index in [4.69, 9.17) is 14.1 Å². The van der Waals surface area contributed by atoms with Gasteiger partial charge >= 0.3 is 7.12 Å². The molecular formula is C35H41BN4O5. The molecule has 9 nitrogen and oxygen atoms in total. The van der Waals surface area contributed by atoms with Crippen molar-refractivity contribution in [1.29, 1.82) is 0 Å². The number of aromatic nitrogens is 1. The van der Waals surface area contributed by atoms with Gasteiger partial charge in [0.15, 0.2) is 0 Å². The largest absolute Gasteiger partial charge is 0.481 e. The van der Waals surface area contributed by atoms with Crippen molar-refractivity contribution >= 4 is 35.4 Å². The molecule has 45 heavy (non-hydrogen) atoms. The Bertz CT molecular complexity index is 1640. The first-order valence-electron chi connectivity index (χ1n) is 16.2. The lowest BCUT2D eigenvalue weighted by Gasteiger charge is -2.64. The summed E-state index contributed by atoms with van der Waals surface area (Å²) in [6, 6.07) is 19.3. The molecule has 0 spiro atoms. The summed E-state index contributed by atoms with van der Waals surface area (Å²) < 4.78 is 13.2. The Balaban J connectivity index is 1.05. The third kappa shape index (κ3) is 5.12. The molecule has 3 aliphatic carbocycles. The first-order chi connectivity index (χ1) is 21.6. The SMILES string of the molecule is CC[C@H](NC(=O)C1(Cc2ccccc2)CC(CNC(=O)c2nccc3ccccc23)=NO1)B1O[C@@H]2C[C@@H]3C[C@@H](C3(C)C)[C@]2(C)O1. The van der Waals surface area contributed by atoms with Gasteiger partial charge in [-0.3, -0.25) is 14.6 Å². The van der Waals surface area contributed by atoms with Crippen molar-refractivity contribution in [3.63, 3.8) is 0 Å². The summed E-state index contributed by atoms with van der Waals surface area (Å²) in [4.78, 5) is 37.7. The highest BCUT2D eigenvalue weighted by molar-refractivity contribution is 6.48. The van der Waals surface area contributed by atoms with Gasteiger partial charge in [-0.2, -0.15) is 0 Å². The number of oxime groups is 1. The molecule has 1 unspecified atom stereocenters. The molecule has 1 aromatic heterocycles. The first kappa shape index (κ1) is 29.9. The number of amides is 2. The van der Waals surface area contributed by atoms with Gasteiger partial charge in [-0.15, -0.1) is 0 Å². The number of hydrogen-bond donors (Lipinski definition) is 2. The van der Waals surface area contributed by atoms with E-state index in [1.807, 2.05) is 67.6 Å². The quantitative estimate of drug-likeness (QED) is 0.335. The Morgan fingerprint density at radius 2 is 1.82 bits per heavy atom. The molecule has 2 N–H and O–H groups in total. The first-order valence-corrected chi connectivity index (χ1v) is 16.2. The van der Waals surface area contributed by atoms with Gasteiger partial charge in [0.25, 0.3) is 11.8 Å². The molecule has 234 valence electrons. The van der Waals surface area contributed by atoms with Gasteiger partial charge in [0.2, 0.25) is 5.60 Å². The van der Waals surface area contributed by atoms with E-state index in [1.165, 1.54) is 6.42 Å². The van der Waals surface area contributed by atoms with Crippen molar-refractivity contribution in [2.24, 2.45) is 22.4 Å². The molecular weight excluding hydrogens is 567 g/mol. The van der Waals surface area contributed by atoms with Crippen LogP contribution in [-0.2, 0) is 25.4 Å². The van der Waals surface area contributed by atoms with Crippen LogP contribution in [0.15, 0.2) is 72.0 Å². The molecule has 2 aliphatic heterocycles. The van der Waals surface area contributed by atoms with Crippen LogP contribution < -0.4 is 10.6 Å². The number of fused-ring (bicyclic) bond motifs is 1. The highest BCUT2D eigenvalue weighted by Gasteiger charge is 2.68. The van der Waals surface area contributed by atoms with Crippen LogP contribution in [0, 0.1) is 17.3 Å². The summed E-state index contributed by atoms with van der Waals surface area (Å²) in [6.07, 6.45) is 5.01. The topological polar surface area (TPSA) is 111 Å². The molecule has 2 amide bonds. The van der Waals surface area contributed by atoms with E-state index in [0.717, 1.165) is 22.8 Å². The van der Waals surface area contributed by atoms with E-state index >= 15 is 0 Å². The van der Waals surface area contributed by atoms with Crippen molar-refractivity contribution in [2.75, 3.05) is 6.54 Å². The number of carbonyl (C=O) groups is 2. The van der Waals surface area contributed by atoms with E-state index in [1.54, 1.807) is 6.20 Å². The van der Waals surface area contributed by atoms with Crippen LogP contribution in [0.4, 0.5) is 0 Å². The number of rotatable bonds is 9. The van der Waals surface area contributed by atoms with Crippen LogP contribution in [0.5, 0.6) is 0 Å². The number of pyridine rings is 1. The second-order valence-electron chi connectivity index (χ2n) is 14.0. The van der Waals surface area contributed by atoms with Crippen LogP contribution in [0.1, 0.15) is 69.4 Å². The fraction of sp³-hybridized carbons (Fsp3) is 0.486. The number of benzene rings is 2. The standard InChI is InChI=1S/C35H41BN4O5/c1-5-29(36-43-28-18-24-17-27(33(24,2)3)34(28,4)44-36)39-32(42)35(19-22-11-7-6-8-12-22)20-25(40-45-35)21-38-31(41)30-26-14-10-9-13-23(26)15-16-37-30/h6-16,24,27-29H,5,17-21H2,1-4H3,(H,38,41)(H,39,42)/t24-,27-,28+,29-,34-,35?/m0/s1. The fourth-order valence-electron chi connectivity index (χ4n) is 8.16. The molecule has 2 aromatic carbocycles. The minimum Gasteiger partial charge on any atom is -0.404 e. The Morgan fingerprint density at radius 3 is 2.60 bits per heavy atom. The smallest absolute Gasteiger partial charge is 0.404 e. The summed E-state index contributed by atoms with van der Waals surface area (Å²) in [5, 5.41) is 12.2. The summed E-state index contributed by atoms with van der Waals surface area (Å²) in [5.41, 5.74) is 0.481. The Hall–Kier alpha value is -3.76. The van der Waals surface area contributed by atoms with Crippen molar-refractivity contribution < 1.29 is 23.7 Å². The summed E-state index contributed by atoms with van der Waals surface area (Å²) in [6.45, 7) is 9.04. The fourth-order valence-corrected chi connectivity index (χ4v) is 8.16. The van der Waals surface area contributed by atoms with Gasteiger partial charge in [0.05, 0.1) is 29.9 Å². The van der Waals surface area contributed by atoms with Gasteiger partial charge in [0, 0.05) is 24.4 Å². The molecule has 10 heteroatoms. The third-order valence-electron chi connectivity index (χ3n) is 11.0. The average Bonchev–Trinajstić information content (AvgIpc) is 3.63. The minimum absolute atomic E-state index is 0.0287. The summed E-state index contributed by atoms with van der Waals surface area (Å²) >= 11 is 0. The molecule has 5 aliphatic rings. The van der Waals surface area contributed by atoms with Crippen molar-refractivity contribution in [3.05, 3.63) is 78.1 Å². The van der Waals surface area contributed by atoms with Crippen molar-refractivity contribution in [1.82, 2.24) is 15.6 Å².